The van der Waals surface area contributed by atoms with E-state index in [2.05, 4.69) is 14.5 Å². The zero-order valence-corrected chi connectivity index (χ0v) is 20.8. The van der Waals surface area contributed by atoms with Gasteiger partial charge in [-0.25, -0.2) is 17.2 Å². The number of thiazole rings is 1. The fourth-order valence-electron chi connectivity index (χ4n) is 3.25. The molecule has 0 spiro atoms. The first-order chi connectivity index (χ1) is 17.1. The van der Waals surface area contributed by atoms with Crippen LogP contribution in [0.4, 0.5) is 14.5 Å². The van der Waals surface area contributed by atoms with Crippen molar-refractivity contribution in [3.05, 3.63) is 87.7 Å². The van der Waals surface area contributed by atoms with Gasteiger partial charge in [-0.05, 0) is 48.5 Å². The molecule has 1 amide bonds. The number of hydrogen-bond acceptors (Lipinski definition) is 6. The van der Waals surface area contributed by atoms with Gasteiger partial charge in [0.05, 0.1) is 22.2 Å². The molecule has 0 atom stereocenters. The Bertz CT molecular complexity index is 1670. The predicted molar refractivity (Wildman–Crippen MR) is 130 cm³/mol. The van der Waals surface area contributed by atoms with Crippen LogP contribution >= 0.6 is 22.9 Å². The summed E-state index contributed by atoms with van der Waals surface area (Å²) in [5, 5.41) is 0.372. The predicted octanol–water partition coefficient (Wildman–Crippen LogP) is 4.35. The summed E-state index contributed by atoms with van der Waals surface area (Å²) in [5.41, 5.74) is 0.000696. The third kappa shape index (κ3) is 5.45. The van der Waals surface area contributed by atoms with Crippen LogP contribution < -0.4 is 9.52 Å². The molecule has 0 saturated heterocycles. The lowest BCUT2D eigenvalue weighted by Gasteiger charge is -2.09. The third-order valence-corrected chi connectivity index (χ3v) is 7.57. The van der Waals surface area contributed by atoms with Gasteiger partial charge >= 0.3 is 5.97 Å². The molecule has 1 N–H and O–H groups in total. The summed E-state index contributed by atoms with van der Waals surface area (Å²) in [5.74, 6) is -3.29. The van der Waals surface area contributed by atoms with Gasteiger partial charge < -0.3 is 9.30 Å². The minimum atomic E-state index is -3.96. The Balaban J connectivity index is 1.71. The molecule has 0 aliphatic heterocycles. The number of nitrogens with zero attached hydrogens (tertiary/aromatic N) is 2. The molecule has 4 rings (SSSR count). The first-order valence-corrected chi connectivity index (χ1v) is 12.8. The topological polar surface area (TPSA) is 107 Å². The van der Waals surface area contributed by atoms with Gasteiger partial charge in [-0.2, -0.15) is 4.99 Å². The molecule has 0 saturated carbocycles. The highest BCUT2D eigenvalue weighted by Gasteiger charge is 2.18. The maximum Gasteiger partial charge on any atom is 0.325 e. The second-order valence-electron chi connectivity index (χ2n) is 7.34. The lowest BCUT2D eigenvalue weighted by atomic mass is 10.2. The fraction of sp³-hybridized carbons (Fsp3) is 0.0870. The highest BCUT2D eigenvalue weighted by molar-refractivity contribution is 7.92. The number of methoxy groups -OCH3 is 1. The molecule has 1 aromatic heterocycles. The molecule has 8 nitrogen and oxygen atoms in total. The van der Waals surface area contributed by atoms with Gasteiger partial charge in [-0.15, -0.1) is 0 Å². The van der Waals surface area contributed by atoms with E-state index in [4.69, 9.17) is 11.6 Å². The Hall–Kier alpha value is -3.61. The van der Waals surface area contributed by atoms with Crippen LogP contribution in [0, 0.1) is 11.6 Å². The van der Waals surface area contributed by atoms with E-state index in [9.17, 15) is 26.8 Å². The number of aromatic nitrogens is 1. The van der Waals surface area contributed by atoms with Crippen molar-refractivity contribution in [3.8, 4) is 0 Å². The number of amides is 1. The van der Waals surface area contributed by atoms with E-state index in [0.717, 1.165) is 29.1 Å². The lowest BCUT2D eigenvalue weighted by molar-refractivity contribution is -0.141. The molecule has 1 heterocycles. The minimum absolute atomic E-state index is 0.0139. The number of halogens is 3. The quantitative estimate of drug-likeness (QED) is 0.359. The van der Waals surface area contributed by atoms with E-state index < -0.39 is 40.1 Å². The summed E-state index contributed by atoms with van der Waals surface area (Å²) in [4.78, 5) is 28.7. The van der Waals surface area contributed by atoms with Gasteiger partial charge in [0, 0.05) is 22.3 Å². The second kappa shape index (κ2) is 10.2. The number of nitrogens with one attached hydrogen (secondary N) is 1. The van der Waals surface area contributed by atoms with Crippen LogP contribution in [0.3, 0.4) is 0 Å². The van der Waals surface area contributed by atoms with E-state index in [1.165, 1.54) is 48.5 Å². The molecule has 0 bridgehead atoms. The molecule has 0 fully saturated rings. The van der Waals surface area contributed by atoms with Gasteiger partial charge in [-0.1, -0.05) is 29.0 Å². The summed E-state index contributed by atoms with van der Waals surface area (Å²) < 4.78 is 61.8. The number of esters is 1. The van der Waals surface area contributed by atoms with Crippen LogP contribution in [0.25, 0.3) is 10.2 Å². The molecule has 13 heteroatoms. The van der Waals surface area contributed by atoms with Crippen molar-refractivity contribution >= 4 is 60.7 Å². The van der Waals surface area contributed by atoms with Crippen LogP contribution in [0.2, 0.25) is 5.02 Å². The maximum atomic E-state index is 14.5. The molecular weight excluding hydrogens is 536 g/mol. The van der Waals surface area contributed by atoms with Crippen LogP contribution in [0.5, 0.6) is 0 Å². The highest BCUT2D eigenvalue weighted by atomic mass is 35.5. The van der Waals surface area contributed by atoms with Crippen molar-refractivity contribution in [1.29, 1.82) is 0 Å². The average Bonchev–Trinajstić information content (AvgIpc) is 3.15. The Morgan fingerprint density at radius 1 is 1.11 bits per heavy atom. The third-order valence-electron chi connectivity index (χ3n) is 4.89. The molecule has 4 aromatic rings. The van der Waals surface area contributed by atoms with E-state index in [1.54, 1.807) is 0 Å². The van der Waals surface area contributed by atoms with Gasteiger partial charge in [-0.3, -0.25) is 14.3 Å². The van der Waals surface area contributed by atoms with Crippen molar-refractivity contribution in [3.63, 3.8) is 0 Å². The summed E-state index contributed by atoms with van der Waals surface area (Å²) in [7, 11) is -2.82. The van der Waals surface area contributed by atoms with E-state index >= 15 is 0 Å². The summed E-state index contributed by atoms with van der Waals surface area (Å²) >= 11 is 6.61. The Morgan fingerprint density at radius 3 is 2.53 bits per heavy atom. The number of fused-ring (bicyclic) bond motifs is 1. The molecule has 0 aliphatic carbocycles. The van der Waals surface area contributed by atoms with Crippen LogP contribution in [0.1, 0.15) is 10.4 Å². The van der Waals surface area contributed by atoms with Crippen molar-refractivity contribution in [1.82, 2.24) is 4.57 Å². The number of sulfonamides is 1. The van der Waals surface area contributed by atoms with Crippen molar-refractivity contribution < 1.29 is 31.5 Å². The molecule has 36 heavy (non-hydrogen) atoms. The zero-order valence-electron chi connectivity index (χ0n) is 18.4. The average molecular weight is 552 g/mol. The molecule has 0 unspecified atom stereocenters. The first kappa shape index (κ1) is 25.5. The zero-order chi connectivity index (χ0) is 26.0. The summed E-state index contributed by atoms with van der Waals surface area (Å²) in [6.07, 6.45) is 0. The van der Waals surface area contributed by atoms with Crippen LogP contribution in [-0.2, 0) is 26.1 Å². The molecule has 0 aliphatic rings. The van der Waals surface area contributed by atoms with E-state index in [1.807, 2.05) is 0 Å². The van der Waals surface area contributed by atoms with Crippen molar-refractivity contribution in [2.75, 3.05) is 11.8 Å². The number of ether oxygens (including phenoxy) is 1. The molecular formula is C23H16ClF2N3O5S2. The van der Waals surface area contributed by atoms with Crippen LogP contribution in [0.15, 0.2) is 70.6 Å². The summed E-state index contributed by atoms with van der Waals surface area (Å²) in [6, 6.07) is 12.8. The van der Waals surface area contributed by atoms with Crippen LogP contribution in [-0.4, -0.2) is 32.0 Å². The smallest absolute Gasteiger partial charge is 0.325 e. The van der Waals surface area contributed by atoms with Gasteiger partial charge in [0.25, 0.3) is 15.9 Å². The van der Waals surface area contributed by atoms with Crippen molar-refractivity contribution in [2.45, 2.75) is 11.4 Å². The number of anilines is 1. The van der Waals surface area contributed by atoms with Gasteiger partial charge in [0.15, 0.2) is 10.6 Å². The van der Waals surface area contributed by atoms with E-state index in [-0.39, 0.29) is 31.2 Å². The van der Waals surface area contributed by atoms with E-state index in [0.29, 0.717) is 11.1 Å². The van der Waals surface area contributed by atoms with Gasteiger partial charge in [0.1, 0.15) is 12.4 Å². The number of benzene rings is 3. The second-order valence-corrected chi connectivity index (χ2v) is 10.5. The molecule has 3 aromatic carbocycles. The first-order valence-electron chi connectivity index (χ1n) is 10.1. The Kier molecular flexibility index (Phi) is 7.20. The normalized spacial score (nSPS) is 12.1. The number of rotatable bonds is 6. The minimum Gasteiger partial charge on any atom is -0.468 e. The Labute approximate surface area is 212 Å². The number of carbonyl (C=O) groups excluding carboxylic acids is 2. The molecule has 186 valence electrons. The Morgan fingerprint density at radius 2 is 1.83 bits per heavy atom. The summed E-state index contributed by atoms with van der Waals surface area (Å²) in [6.45, 7) is -0.466. The number of hydrogen-bond donors (Lipinski definition) is 1. The number of carbonyl (C=O) groups is 2. The SMILES string of the molecule is COC(=O)Cn1c(=NC(=O)c2cccc(NS(=O)(=O)c3ccc(Cl)cc3)c2)sc2cc(F)cc(F)c21. The monoisotopic (exact) mass is 551 g/mol. The maximum absolute atomic E-state index is 14.5. The lowest BCUT2D eigenvalue weighted by Crippen LogP contribution is -2.23. The standard InChI is InChI=1S/C23H16ClF2N3O5S2/c1-34-20(30)12-29-21-18(26)10-15(25)11-19(21)35-23(29)27-22(31)13-3-2-4-16(9-13)28-36(32,33)17-7-5-14(24)6-8-17/h2-11,28H,12H2,1H3. The highest BCUT2D eigenvalue weighted by Crippen LogP contribution is 2.23. The fourth-order valence-corrected chi connectivity index (χ4v) is 5.49. The van der Waals surface area contributed by atoms with Crippen molar-refractivity contribution in [2.24, 2.45) is 4.99 Å². The van der Waals surface area contributed by atoms with Gasteiger partial charge in [0.2, 0.25) is 0 Å². The molecule has 0 radical (unpaired) electrons. The largest absolute Gasteiger partial charge is 0.468 e.